The third kappa shape index (κ3) is 1.92. The standard InChI is InChI=1S/C22H18/c1-15-12-13-19-18-10-6-7-11-20(18)22(21(19)14-15)16(2)17-8-4-3-5-9-17/h3-14H,1-2H3/b22-16-. The SMILES string of the molecule is C/C(=C1\c2ccccc2-c2ccc(C)cc21)c1ccccc1. The monoisotopic (exact) mass is 282 g/mol. The lowest BCUT2D eigenvalue weighted by atomic mass is 9.94. The smallest absolute Gasteiger partial charge is 0.00636 e. The van der Waals surface area contributed by atoms with Crippen LogP contribution in [-0.2, 0) is 0 Å². The Balaban J connectivity index is 2.06. The summed E-state index contributed by atoms with van der Waals surface area (Å²) >= 11 is 0. The van der Waals surface area contributed by atoms with Gasteiger partial charge in [0.15, 0.2) is 0 Å². The maximum Gasteiger partial charge on any atom is -0.00636 e. The summed E-state index contributed by atoms with van der Waals surface area (Å²) in [7, 11) is 0. The van der Waals surface area contributed by atoms with Crippen molar-refractivity contribution in [3.63, 3.8) is 0 Å². The van der Waals surface area contributed by atoms with Crippen LogP contribution >= 0.6 is 0 Å². The van der Waals surface area contributed by atoms with E-state index in [0.29, 0.717) is 0 Å². The molecule has 0 atom stereocenters. The summed E-state index contributed by atoms with van der Waals surface area (Å²) in [5.74, 6) is 0. The lowest BCUT2D eigenvalue weighted by Gasteiger charge is -2.10. The lowest BCUT2D eigenvalue weighted by Crippen LogP contribution is -1.88. The third-order valence-electron chi connectivity index (χ3n) is 4.51. The van der Waals surface area contributed by atoms with Gasteiger partial charge in [-0.25, -0.2) is 0 Å². The largest absolute Gasteiger partial charge is 0.0622 e. The molecule has 4 rings (SSSR count). The molecule has 0 N–H and O–H groups in total. The minimum atomic E-state index is 1.29. The summed E-state index contributed by atoms with van der Waals surface area (Å²) in [5, 5.41) is 0. The molecule has 3 aromatic rings. The highest BCUT2D eigenvalue weighted by Crippen LogP contribution is 2.47. The first-order valence-electron chi connectivity index (χ1n) is 7.73. The Kier molecular flexibility index (Phi) is 2.97. The molecule has 0 heteroatoms. The summed E-state index contributed by atoms with van der Waals surface area (Å²) in [6.07, 6.45) is 0. The quantitative estimate of drug-likeness (QED) is 0.404. The van der Waals surface area contributed by atoms with Crippen LogP contribution in [0.4, 0.5) is 0 Å². The average molecular weight is 282 g/mol. The second-order valence-electron chi connectivity index (χ2n) is 5.96. The number of benzene rings is 3. The molecule has 1 aliphatic rings. The van der Waals surface area contributed by atoms with Crippen LogP contribution in [0.5, 0.6) is 0 Å². The topological polar surface area (TPSA) is 0 Å². The fraction of sp³-hybridized carbons (Fsp3) is 0.0909. The molecule has 0 heterocycles. The summed E-state index contributed by atoms with van der Waals surface area (Å²) in [5.41, 5.74) is 10.7. The van der Waals surface area contributed by atoms with Gasteiger partial charge in [-0.15, -0.1) is 0 Å². The van der Waals surface area contributed by atoms with E-state index < -0.39 is 0 Å². The molecule has 0 saturated heterocycles. The maximum absolute atomic E-state index is 2.32. The molecule has 0 nitrogen and oxygen atoms in total. The molecule has 0 unspecified atom stereocenters. The molecule has 22 heavy (non-hydrogen) atoms. The molecule has 0 radical (unpaired) electrons. The van der Waals surface area contributed by atoms with Crippen LogP contribution in [0, 0.1) is 6.92 Å². The predicted octanol–water partition coefficient (Wildman–Crippen LogP) is 5.95. The summed E-state index contributed by atoms with van der Waals surface area (Å²) < 4.78 is 0. The van der Waals surface area contributed by atoms with Gasteiger partial charge in [-0.1, -0.05) is 78.4 Å². The number of hydrogen-bond acceptors (Lipinski definition) is 0. The van der Waals surface area contributed by atoms with E-state index in [0.717, 1.165) is 0 Å². The normalized spacial score (nSPS) is 14.5. The van der Waals surface area contributed by atoms with E-state index in [9.17, 15) is 0 Å². The van der Waals surface area contributed by atoms with Crippen molar-refractivity contribution in [3.05, 3.63) is 95.1 Å². The first-order chi connectivity index (χ1) is 10.8. The highest BCUT2D eigenvalue weighted by molar-refractivity contribution is 6.09. The van der Waals surface area contributed by atoms with Gasteiger partial charge in [0, 0.05) is 0 Å². The van der Waals surface area contributed by atoms with Gasteiger partial charge in [-0.05, 0) is 52.8 Å². The van der Waals surface area contributed by atoms with Crippen molar-refractivity contribution in [3.8, 4) is 11.1 Å². The van der Waals surface area contributed by atoms with Crippen LogP contribution in [-0.4, -0.2) is 0 Å². The molecule has 0 fully saturated rings. The zero-order valence-electron chi connectivity index (χ0n) is 12.9. The molecule has 0 bridgehead atoms. The molecule has 106 valence electrons. The van der Waals surface area contributed by atoms with Crippen molar-refractivity contribution in [2.24, 2.45) is 0 Å². The fourth-order valence-corrected chi connectivity index (χ4v) is 3.42. The Morgan fingerprint density at radius 1 is 0.636 bits per heavy atom. The van der Waals surface area contributed by atoms with Gasteiger partial charge in [-0.3, -0.25) is 0 Å². The van der Waals surface area contributed by atoms with Crippen LogP contribution in [0.2, 0.25) is 0 Å². The van der Waals surface area contributed by atoms with E-state index in [-0.39, 0.29) is 0 Å². The predicted molar refractivity (Wildman–Crippen MR) is 94.6 cm³/mol. The molecule has 0 aliphatic heterocycles. The van der Waals surface area contributed by atoms with Crippen LogP contribution in [0.3, 0.4) is 0 Å². The molecular formula is C22H18. The van der Waals surface area contributed by atoms with Crippen molar-refractivity contribution in [1.29, 1.82) is 0 Å². The fourth-order valence-electron chi connectivity index (χ4n) is 3.42. The van der Waals surface area contributed by atoms with Gasteiger partial charge in [0.25, 0.3) is 0 Å². The number of rotatable bonds is 1. The van der Waals surface area contributed by atoms with E-state index in [1.807, 2.05) is 0 Å². The summed E-state index contributed by atoms with van der Waals surface area (Å²) in [6, 6.07) is 26.2. The Hall–Kier alpha value is -2.60. The molecular weight excluding hydrogens is 264 g/mol. The van der Waals surface area contributed by atoms with Gasteiger partial charge in [0.1, 0.15) is 0 Å². The Bertz CT molecular complexity index is 883. The van der Waals surface area contributed by atoms with Gasteiger partial charge in [-0.2, -0.15) is 0 Å². The average Bonchev–Trinajstić information content (AvgIpc) is 2.88. The molecule has 0 spiro atoms. The van der Waals surface area contributed by atoms with Crippen molar-refractivity contribution < 1.29 is 0 Å². The van der Waals surface area contributed by atoms with Crippen molar-refractivity contribution in [2.45, 2.75) is 13.8 Å². The van der Waals surface area contributed by atoms with Gasteiger partial charge in [0.2, 0.25) is 0 Å². The number of fused-ring (bicyclic) bond motifs is 3. The summed E-state index contributed by atoms with van der Waals surface area (Å²) in [4.78, 5) is 0. The molecule has 0 saturated carbocycles. The van der Waals surface area contributed by atoms with E-state index >= 15 is 0 Å². The van der Waals surface area contributed by atoms with Crippen LogP contribution in [0.15, 0.2) is 72.8 Å². The number of allylic oxidation sites excluding steroid dienone is 1. The van der Waals surface area contributed by atoms with E-state index in [1.54, 1.807) is 0 Å². The van der Waals surface area contributed by atoms with Crippen molar-refractivity contribution in [2.75, 3.05) is 0 Å². The lowest BCUT2D eigenvalue weighted by molar-refractivity contribution is 1.46. The van der Waals surface area contributed by atoms with Gasteiger partial charge >= 0.3 is 0 Å². The van der Waals surface area contributed by atoms with E-state index in [1.165, 1.54) is 44.5 Å². The molecule has 3 aromatic carbocycles. The zero-order valence-corrected chi connectivity index (χ0v) is 12.9. The van der Waals surface area contributed by atoms with Gasteiger partial charge in [0.05, 0.1) is 0 Å². The zero-order chi connectivity index (χ0) is 15.1. The van der Waals surface area contributed by atoms with Crippen LogP contribution in [0.1, 0.15) is 29.2 Å². The van der Waals surface area contributed by atoms with Gasteiger partial charge < -0.3 is 0 Å². The number of aryl methyl sites for hydroxylation is 1. The first-order valence-corrected chi connectivity index (χ1v) is 7.73. The minimum Gasteiger partial charge on any atom is -0.0622 e. The second-order valence-corrected chi connectivity index (χ2v) is 5.96. The Labute approximate surface area is 131 Å². The Morgan fingerprint density at radius 3 is 2.05 bits per heavy atom. The molecule has 0 amide bonds. The second kappa shape index (κ2) is 4.99. The first kappa shape index (κ1) is 13.1. The molecule has 0 aromatic heterocycles. The van der Waals surface area contributed by atoms with E-state index in [2.05, 4.69) is 86.6 Å². The highest BCUT2D eigenvalue weighted by atomic mass is 14.3. The maximum atomic E-state index is 2.32. The van der Waals surface area contributed by atoms with Crippen molar-refractivity contribution in [1.82, 2.24) is 0 Å². The summed E-state index contributed by atoms with van der Waals surface area (Å²) in [6.45, 7) is 4.40. The van der Waals surface area contributed by atoms with Crippen molar-refractivity contribution >= 4 is 11.1 Å². The Morgan fingerprint density at radius 2 is 1.27 bits per heavy atom. The minimum absolute atomic E-state index is 1.29. The third-order valence-corrected chi connectivity index (χ3v) is 4.51. The molecule has 1 aliphatic carbocycles. The van der Waals surface area contributed by atoms with Crippen LogP contribution < -0.4 is 0 Å². The van der Waals surface area contributed by atoms with Crippen LogP contribution in [0.25, 0.3) is 22.3 Å². The highest BCUT2D eigenvalue weighted by Gasteiger charge is 2.24. The number of hydrogen-bond donors (Lipinski definition) is 0. The van der Waals surface area contributed by atoms with E-state index in [4.69, 9.17) is 0 Å².